The van der Waals surface area contributed by atoms with Crippen LogP contribution in [0.25, 0.3) is 0 Å². The van der Waals surface area contributed by atoms with Gasteiger partial charge < -0.3 is 24.2 Å². The summed E-state index contributed by atoms with van der Waals surface area (Å²) in [5.74, 6) is 2.05. The van der Waals surface area contributed by atoms with E-state index in [0.29, 0.717) is 55.1 Å². The van der Waals surface area contributed by atoms with Crippen LogP contribution in [-0.4, -0.2) is 71.9 Å². The van der Waals surface area contributed by atoms with Gasteiger partial charge in [0.1, 0.15) is 17.2 Å². The molecular weight excluding hydrogens is 889 g/mol. The first kappa shape index (κ1) is 57.2. The number of hydrogen-bond donors (Lipinski definition) is 1. The Morgan fingerprint density at radius 1 is 0.761 bits per heavy atom. The highest BCUT2D eigenvalue weighted by Crippen LogP contribution is 2.45. The number of ether oxygens (including phenoxy) is 3. The summed E-state index contributed by atoms with van der Waals surface area (Å²) in [6.07, 6.45) is 30.1. The molecule has 3 heterocycles. The van der Waals surface area contributed by atoms with Crippen LogP contribution in [0.3, 0.4) is 0 Å². The number of hydrogen-bond acceptors (Lipinski definition) is 9. The highest BCUT2D eigenvalue weighted by Gasteiger charge is 2.36. The van der Waals surface area contributed by atoms with E-state index in [1.807, 2.05) is 81.1 Å². The summed E-state index contributed by atoms with van der Waals surface area (Å²) < 4.78 is 17.8. The summed E-state index contributed by atoms with van der Waals surface area (Å²) in [7, 11) is 1.68. The number of aryl methyl sites for hydroxylation is 1. The number of nitrogens with zero attached hydrogens (tertiary/aromatic N) is 4. The fourth-order valence-electron chi connectivity index (χ4n) is 10.3. The van der Waals surface area contributed by atoms with Crippen molar-refractivity contribution in [2.24, 2.45) is 17.3 Å². The molecule has 2 fully saturated rings. The summed E-state index contributed by atoms with van der Waals surface area (Å²) in [5, 5.41) is 8.75. The number of methoxy groups -OCH3 is 1. The molecule has 2 aromatic heterocycles. The number of piperidine rings is 1. The van der Waals surface area contributed by atoms with Gasteiger partial charge in [-0.15, -0.1) is 0 Å². The number of pyridine rings is 2. The number of carboxylic acid groups (broad SMARTS) is 1. The van der Waals surface area contributed by atoms with E-state index >= 15 is 0 Å². The van der Waals surface area contributed by atoms with Gasteiger partial charge in [-0.2, -0.15) is 0 Å². The van der Waals surface area contributed by atoms with Crippen molar-refractivity contribution in [1.82, 2.24) is 9.97 Å². The smallest absolute Gasteiger partial charge is 0.306 e. The number of aliphatic carboxylic acids is 1. The predicted molar refractivity (Wildman–Crippen MR) is 288 cm³/mol. The van der Waals surface area contributed by atoms with Crippen molar-refractivity contribution in [2.45, 2.75) is 214 Å². The van der Waals surface area contributed by atoms with Crippen molar-refractivity contribution >= 4 is 29.4 Å². The lowest BCUT2D eigenvalue weighted by Crippen LogP contribution is -2.41. The van der Waals surface area contributed by atoms with Crippen molar-refractivity contribution in [3.8, 4) is 11.6 Å². The Kier molecular flexibility index (Phi) is 24.0. The molecular formula is C60H92N4O7. The summed E-state index contributed by atoms with van der Waals surface area (Å²) in [6.45, 7) is 15.0. The highest BCUT2D eigenvalue weighted by atomic mass is 16.6. The first-order valence-corrected chi connectivity index (χ1v) is 27.8. The van der Waals surface area contributed by atoms with Crippen LogP contribution < -0.4 is 19.3 Å². The molecule has 1 atom stereocenters. The Morgan fingerprint density at radius 3 is 1.90 bits per heavy atom. The van der Waals surface area contributed by atoms with Crippen LogP contribution in [0.2, 0.25) is 0 Å². The van der Waals surface area contributed by atoms with E-state index in [4.69, 9.17) is 24.3 Å². The molecule has 0 spiro atoms. The second-order valence-electron chi connectivity index (χ2n) is 22.7. The number of anilines is 2. The molecule has 1 aliphatic heterocycles. The first-order valence-electron chi connectivity index (χ1n) is 27.8. The van der Waals surface area contributed by atoms with E-state index in [1.54, 1.807) is 13.3 Å². The molecule has 2 aliphatic rings. The average Bonchev–Trinajstić information content (AvgIpc) is 4.19. The van der Waals surface area contributed by atoms with Crippen LogP contribution >= 0.6 is 0 Å². The molecule has 0 radical (unpaired) electrons. The van der Waals surface area contributed by atoms with E-state index < -0.39 is 11.6 Å². The SMILES string of the molecule is COc1ccc(C(=O)N(CC(C)(C)CCCCCCCCCCCCCCCCCCCCC(=O)O)c2cccc(C)n2)c(N2CCC(COc3cc([C@@H](CC(=O)OC(C)(C)C)C4CC4)ccn3)CC2)c1. The minimum absolute atomic E-state index is 0.0419. The van der Waals surface area contributed by atoms with Crippen molar-refractivity contribution in [3.05, 3.63) is 71.5 Å². The zero-order valence-electron chi connectivity index (χ0n) is 45.1. The van der Waals surface area contributed by atoms with Crippen LogP contribution in [0.15, 0.2) is 54.7 Å². The third kappa shape index (κ3) is 21.5. The molecule has 1 aromatic carbocycles. The molecule has 1 saturated carbocycles. The van der Waals surface area contributed by atoms with Crippen LogP contribution in [0.5, 0.6) is 11.6 Å². The number of rotatable bonds is 34. The van der Waals surface area contributed by atoms with Crippen molar-refractivity contribution < 1.29 is 33.7 Å². The summed E-state index contributed by atoms with van der Waals surface area (Å²) in [6, 6.07) is 15.8. The lowest BCUT2D eigenvalue weighted by molar-refractivity contribution is -0.155. The molecule has 394 valence electrons. The molecule has 11 nitrogen and oxygen atoms in total. The Morgan fingerprint density at radius 2 is 1.35 bits per heavy atom. The van der Waals surface area contributed by atoms with Gasteiger partial charge in [-0.25, -0.2) is 9.97 Å². The number of unbranched alkanes of at least 4 members (excludes halogenated alkanes) is 17. The zero-order chi connectivity index (χ0) is 51.1. The molecule has 0 bridgehead atoms. The van der Waals surface area contributed by atoms with E-state index in [-0.39, 0.29) is 23.2 Å². The van der Waals surface area contributed by atoms with Crippen molar-refractivity contribution in [2.75, 3.05) is 43.2 Å². The number of amides is 1. The van der Waals surface area contributed by atoms with Gasteiger partial charge in [-0.3, -0.25) is 19.3 Å². The Balaban J connectivity index is 1.06. The quantitative estimate of drug-likeness (QED) is 0.0456. The maximum absolute atomic E-state index is 15.0. The molecule has 0 unspecified atom stereocenters. The largest absolute Gasteiger partial charge is 0.497 e. The number of aromatic nitrogens is 2. The maximum atomic E-state index is 15.0. The molecule has 1 amide bonds. The first-order chi connectivity index (χ1) is 34.1. The van der Waals surface area contributed by atoms with Crippen LogP contribution in [0.4, 0.5) is 11.5 Å². The normalized spacial score (nSPS) is 14.8. The van der Waals surface area contributed by atoms with Gasteiger partial charge in [0.25, 0.3) is 5.91 Å². The van der Waals surface area contributed by atoms with E-state index in [2.05, 4.69) is 23.7 Å². The fraction of sp³-hybridized carbons (Fsp3) is 0.683. The van der Waals surface area contributed by atoms with Gasteiger partial charge in [-0.05, 0) is 125 Å². The minimum Gasteiger partial charge on any atom is -0.497 e. The molecule has 5 rings (SSSR count). The molecule has 11 heteroatoms. The number of carbonyl (C=O) groups excluding carboxylic acids is 2. The topological polar surface area (TPSA) is 131 Å². The van der Waals surface area contributed by atoms with E-state index in [9.17, 15) is 14.4 Å². The number of esters is 1. The van der Waals surface area contributed by atoms with Crippen LogP contribution in [-0.2, 0) is 14.3 Å². The summed E-state index contributed by atoms with van der Waals surface area (Å²) in [5.41, 5.74) is 2.90. The number of carboxylic acids is 1. The maximum Gasteiger partial charge on any atom is 0.306 e. The number of carbonyl (C=O) groups is 3. The van der Waals surface area contributed by atoms with Crippen LogP contribution in [0, 0.1) is 24.2 Å². The monoisotopic (exact) mass is 981 g/mol. The van der Waals surface area contributed by atoms with Gasteiger partial charge in [0, 0.05) is 50.1 Å². The highest BCUT2D eigenvalue weighted by molar-refractivity contribution is 6.09. The molecule has 71 heavy (non-hydrogen) atoms. The summed E-state index contributed by atoms with van der Waals surface area (Å²) in [4.78, 5) is 52.1. The average molecular weight is 981 g/mol. The lowest BCUT2D eigenvalue weighted by atomic mass is 9.85. The molecule has 1 aliphatic carbocycles. The molecule has 3 aromatic rings. The van der Waals surface area contributed by atoms with E-state index in [0.717, 1.165) is 87.2 Å². The van der Waals surface area contributed by atoms with Gasteiger partial charge in [0.2, 0.25) is 5.88 Å². The van der Waals surface area contributed by atoms with E-state index in [1.165, 1.54) is 96.3 Å². The number of benzene rings is 1. The summed E-state index contributed by atoms with van der Waals surface area (Å²) >= 11 is 0. The van der Waals surface area contributed by atoms with Gasteiger partial charge in [0.05, 0.1) is 31.4 Å². The van der Waals surface area contributed by atoms with Gasteiger partial charge >= 0.3 is 11.9 Å². The van der Waals surface area contributed by atoms with Crippen molar-refractivity contribution in [1.29, 1.82) is 0 Å². The fourth-order valence-corrected chi connectivity index (χ4v) is 10.3. The lowest BCUT2D eigenvalue weighted by Gasteiger charge is -2.36. The van der Waals surface area contributed by atoms with Crippen LogP contribution in [0.1, 0.15) is 223 Å². The molecule has 1 N–H and O–H groups in total. The second-order valence-corrected chi connectivity index (χ2v) is 22.7. The third-order valence-electron chi connectivity index (χ3n) is 14.5. The molecule has 1 saturated heterocycles. The Labute approximate surface area is 428 Å². The predicted octanol–water partition coefficient (Wildman–Crippen LogP) is 14.9. The van der Waals surface area contributed by atoms with Gasteiger partial charge in [-0.1, -0.05) is 129 Å². The van der Waals surface area contributed by atoms with Crippen molar-refractivity contribution in [3.63, 3.8) is 0 Å². The zero-order valence-corrected chi connectivity index (χ0v) is 45.1. The minimum atomic E-state index is -0.673. The van der Waals surface area contributed by atoms with Gasteiger partial charge in [0.15, 0.2) is 0 Å². The second kappa shape index (κ2) is 29.7. The Bertz CT molecular complexity index is 2050. The standard InChI is InChI=1S/C60H92N4O7/c1-46-27-26-28-54(62-46)64(45-60(5,6)37-25-23-21-19-17-15-13-11-9-8-10-12-14-16-18-20-22-24-29-56(65)66)58(68)51-33-32-50(69-7)42-53(51)63-39-35-47(36-40-63)44-70-55-41-49(34-38-61-55)52(48-30-31-48)43-57(67)71-59(2,3)4/h26-28,32-34,38,41-42,47-48,52H,8-25,29-31,35-37,39-40,43-45H2,1-7H3,(H,65,66)/t52-/m0/s1. The third-order valence-corrected chi connectivity index (χ3v) is 14.5. The Hall–Kier alpha value is -4.67.